The van der Waals surface area contributed by atoms with Crippen LogP contribution in [0.3, 0.4) is 0 Å². The molecule has 0 bridgehead atoms. The van der Waals surface area contributed by atoms with Crippen molar-refractivity contribution in [2.45, 2.75) is 37.5 Å². The van der Waals surface area contributed by atoms with Crippen molar-refractivity contribution in [2.24, 2.45) is 5.14 Å². The summed E-state index contributed by atoms with van der Waals surface area (Å²) >= 11 is 0. The molecular formula is C21H26N6O4S2. The molecule has 0 unspecified atom stereocenters. The van der Waals surface area contributed by atoms with Crippen LogP contribution in [-0.4, -0.2) is 32.1 Å². The molecule has 1 heterocycles. The Kier molecular flexibility index (Phi) is 7.32. The van der Waals surface area contributed by atoms with Gasteiger partial charge in [-0.2, -0.15) is 4.98 Å². The van der Waals surface area contributed by atoms with Crippen molar-refractivity contribution >= 4 is 43.2 Å². The third-order valence-electron chi connectivity index (χ3n) is 4.71. The molecule has 0 saturated heterocycles. The third-order valence-corrected chi connectivity index (χ3v) is 7.40. The largest absolute Gasteiger partial charge is 0.340 e. The van der Waals surface area contributed by atoms with Gasteiger partial charge in [-0.3, -0.25) is 0 Å². The summed E-state index contributed by atoms with van der Waals surface area (Å²) in [6.45, 7) is 5.31. The van der Waals surface area contributed by atoms with E-state index in [1.165, 1.54) is 12.1 Å². The lowest BCUT2D eigenvalue weighted by atomic mass is 10.2. The molecule has 0 aliphatic carbocycles. The number of anilines is 4. The first-order valence-corrected chi connectivity index (χ1v) is 13.1. The topological polar surface area (TPSA) is 156 Å². The van der Waals surface area contributed by atoms with E-state index in [0.717, 1.165) is 16.8 Å². The molecule has 33 heavy (non-hydrogen) atoms. The summed E-state index contributed by atoms with van der Waals surface area (Å²) in [5.41, 5.74) is 2.85. The molecule has 10 nitrogen and oxygen atoms in total. The van der Waals surface area contributed by atoms with Gasteiger partial charge in [0.1, 0.15) is 5.82 Å². The molecule has 0 atom stereocenters. The second kappa shape index (κ2) is 9.83. The van der Waals surface area contributed by atoms with Gasteiger partial charge >= 0.3 is 0 Å². The highest BCUT2D eigenvalue weighted by atomic mass is 32.2. The predicted molar refractivity (Wildman–Crippen MR) is 128 cm³/mol. The maximum Gasteiger partial charge on any atom is 0.238 e. The maximum atomic E-state index is 11.9. The Bertz CT molecular complexity index is 1340. The fourth-order valence-electron chi connectivity index (χ4n) is 2.70. The van der Waals surface area contributed by atoms with E-state index in [2.05, 4.69) is 25.3 Å². The minimum atomic E-state index is -3.82. The number of aromatic nitrogens is 2. The Morgan fingerprint density at radius 3 is 2.30 bits per heavy atom. The zero-order valence-corrected chi connectivity index (χ0v) is 20.0. The van der Waals surface area contributed by atoms with Crippen LogP contribution >= 0.6 is 0 Å². The number of rotatable bonds is 9. The molecule has 0 aliphatic rings. The lowest BCUT2D eigenvalue weighted by molar-refractivity contribution is 0.572. The second-order valence-electron chi connectivity index (χ2n) is 7.66. The van der Waals surface area contributed by atoms with E-state index in [1.54, 1.807) is 32.2 Å². The number of hydrogen-bond acceptors (Lipinski definition) is 8. The average molecular weight is 491 g/mol. The molecule has 3 aromatic rings. The standard InChI is InChI=1S/C21H26N6O4S2/c1-14(2)33(30,31)24-13-16-7-9-17(10-8-16)25-20-15(3)12-23-21(27-20)26-18-5-4-6-19(11-18)32(22,28)29/h4-12,14,24H,13H2,1-3H3,(H2,22,28,29)(H2,23,25,26,27). The fourth-order valence-corrected chi connectivity index (χ4v) is 3.96. The van der Waals surface area contributed by atoms with Crippen LogP contribution in [0.15, 0.2) is 59.6 Å². The van der Waals surface area contributed by atoms with Crippen molar-refractivity contribution < 1.29 is 16.8 Å². The van der Waals surface area contributed by atoms with E-state index >= 15 is 0 Å². The van der Waals surface area contributed by atoms with Crippen molar-refractivity contribution in [3.05, 3.63) is 65.9 Å². The van der Waals surface area contributed by atoms with Crippen LogP contribution in [0.1, 0.15) is 25.0 Å². The van der Waals surface area contributed by atoms with Crippen molar-refractivity contribution in [2.75, 3.05) is 10.6 Å². The Hall–Kier alpha value is -3.06. The average Bonchev–Trinajstić information content (AvgIpc) is 2.75. The van der Waals surface area contributed by atoms with Gasteiger partial charge < -0.3 is 10.6 Å². The number of nitrogens with one attached hydrogen (secondary N) is 3. The minimum absolute atomic E-state index is 0.0197. The summed E-state index contributed by atoms with van der Waals surface area (Å²) in [6.07, 6.45) is 1.64. The van der Waals surface area contributed by atoms with Crippen molar-refractivity contribution in [3.8, 4) is 0 Å². The Morgan fingerprint density at radius 2 is 1.67 bits per heavy atom. The number of benzene rings is 2. The number of sulfonamides is 2. The van der Waals surface area contributed by atoms with Crippen LogP contribution in [0.2, 0.25) is 0 Å². The summed E-state index contributed by atoms with van der Waals surface area (Å²) in [6, 6.07) is 13.3. The molecule has 12 heteroatoms. The molecule has 0 radical (unpaired) electrons. The van der Waals surface area contributed by atoms with E-state index in [9.17, 15) is 16.8 Å². The number of nitrogens with zero attached hydrogens (tertiary/aromatic N) is 2. The monoisotopic (exact) mass is 490 g/mol. The highest BCUT2D eigenvalue weighted by Gasteiger charge is 2.15. The zero-order chi connectivity index (χ0) is 24.2. The van der Waals surface area contributed by atoms with Crippen LogP contribution < -0.4 is 20.5 Å². The predicted octanol–water partition coefficient (Wildman–Crippen LogP) is 2.75. The first kappa shape index (κ1) is 24.6. The van der Waals surface area contributed by atoms with Gasteiger partial charge in [-0.25, -0.2) is 31.7 Å². The molecule has 0 saturated carbocycles. The molecule has 0 amide bonds. The fraction of sp³-hybridized carbons (Fsp3) is 0.238. The van der Waals surface area contributed by atoms with Crippen molar-refractivity contribution in [1.29, 1.82) is 0 Å². The van der Waals surface area contributed by atoms with E-state index in [4.69, 9.17) is 5.14 Å². The SMILES string of the molecule is Cc1cnc(Nc2cccc(S(N)(=O)=O)c2)nc1Nc1ccc(CNS(=O)(=O)C(C)C)cc1. The van der Waals surface area contributed by atoms with Crippen LogP contribution in [0, 0.1) is 6.92 Å². The van der Waals surface area contributed by atoms with Gasteiger partial charge in [0.25, 0.3) is 0 Å². The van der Waals surface area contributed by atoms with Gasteiger partial charge in [-0.1, -0.05) is 18.2 Å². The lowest BCUT2D eigenvalue weighted by Crippen LogP contribution is -2.30. The number of hydrogen-bond donors (Lipinski definition) is 4. The van der Waals surface area contributed by atoms with Gasteiger partial charge in [0, 0.05) is 29.7 Å². The first-order chi connectivity index (χ1) is 15.4. The molecule has 1 aromatic heterocycles. The van der Waals surface area contributed by atoms with Gasteiger partial charge in [-0.15, -0.1) is 0 Å². The molecular weight excluding hydrogens is 464 g/mol. The van der Waals surface area contributed by atoms with Crippen molar-refractivity contribution in [1.82, 2.24) is 14.7 Å². The molecule has 5 N–H and O–H groups in total. The van der Waals surface area contributed by atoms with E-state index in [0.29, 0.717) is 11.5 Å². The Labute approximate surface area is 193 Å². The summed E-state index contributed by atoms with van der Waals surface area (Å²) in [7, 11) is -7.16. The Balaban J connectivity index is 1.71. The molecule has 0 spiro atoms. The highest BCUT2D eigenvalue weighted by Crippen LogP contribution is 2.22. The number of aryl methyl sites for hydroxylation is 1. The van der Waals surface area contributed by atoms with Crippen LogP contribution in [0.25, 0.3) is 0 Å². The zero-order valence-electron chi connectivity index (χ0n) is 18.4. The highest BCUT2D eigenvalue weighted by molar-refractivity contribution is 7.90. The second-order valence-corrected chi connectivity index (χ2v) is 11.5. The van der Waals surface area contributed by atoms with Crippen molar-refractivity contribution in [3.63, 3.8) is 0 Å². The van der Waals surface area contributed by atoms with Crippen LogP contribution in [0.4, 0.5) is 23.1 Å². The molecule has 3 rings (SSSR count). The molecule has 176 valence electrons. The molecule has 0 fully saturated rings. The van der Waals surface area contributed by atoms with E-state index in [1.807, 2.05) is 31.2 Å². The lowest BCUT2D eigenvalue weighted by Gasteiger charge is -2.12. The van der Waals surface area contributed by atoms with Gasteiger partial charge in [0.15, 0.2) is 0 Å². The summed E-state index contributed by atoms with van der Waals surface area (Å²) in [5, 5.41) is 10.9. The first-order valence-electron chi connectivity index (χ1n) is 10.0. The van der Waals surface area contributed by atoms with Gasteiger partial charge in [0.2, 0.25) is 26.0 Å². The van der Waals surface area contributed by atoms with Crippen LogP contribution in [0.5, 0.6) is 0 Å². The van der Waals surface area contributed by atoms with Gasteiger partial charge in [-0.05, 0) is 56.7 Å². The molecule has 0 aliphatic heterocycles. The smallest absolute Gasteiger partial charge is 0.238 e. The third kappa shape index (κ3) is 6.71. The minimum Gasteiger partial charge on any atom is -0.340 e. The summed E-state index contributed by atoms with van der Waals surface area (Å²) in [4.78, 5) is 8.67. The van der Waals surface area contributed by atoms with E-state index < -0.39 is 25.3 Å². The summed E-state index contributed by atoms with van der Waals surface area (Å²) in [5.74, 6) is 0.831. The van der Waals surface area contributed by atoms with Gasteiger partial charge in [0.05, 0.1) is 10.1 Å². The number of primary sulfonamides is 1. The number of nitrogens with two attached hydrogens (primary N) is 1. The maximum absolute atomic E-state index is 11.9. The molecule has 2 aromatic carbocycles. The Morgan fingerprint density at radius 1 is 0.970 bits per heavy atom. The normalized spacial score (nSPS) is 12.0. The van der Waals surface area contributed by atoms with E-state index in [-0.39, 0.29) is 17.4 Å². The van der Waals surface area contributed by atoms with Crippen LogP contribution in [-0.2, 0) is 26.6 Å². The quantitative estimate of drug-likeness (QED) is 0.357. The summed E-state index contributed by atoms with van der Waals surface area (Å²) < 4.78 is 49.5.